The first-order valence-corrected chi connectivity index (χ1v) is 11.1. The van der Waals surface area contributed by atoms with E-state index in [4.69, 9.17) is 5.73 Å². The zero-order chi connectivity index (χ0) is 24.7. The van der Waals surface area contributed by atoms with Gasteiger partial charge in [0.05, 0.1) is 13.1 Å². The highest BCUT2D eigenvalue weighted by Gasteiger charge is 2.22. The Morgan fingerprint density at radius 3 is 2.33 bits per heavy atom. The van der Waals surface area contributed by atoms with Crippen LogP contribution in [0.4, 0.5) is 17.2 Å². The third-order valence-electron chi connectivity index (χ3n) is 5.53. The Morgan fingerprint density at radius 1 is 1.12 bits per heavy atom. The molecule has 0 saturated carbocycles. The molecule has 0 unspecified atom stereocenters. The Kier molecular flexibility index (Phi) is 8.84. The lowest BCUT2D eigenvalue weighted by molar-refractivity contribution is -0.132. The zero-order valence-electron chi connectivity index (χ0n) is 20.0. The Bertz CT molecular complexity index is 1100. The number of nitrogens with zero attached hydrogens (tertiary/aromatic N) is 3. The Morgan fingerprint density at radius 2 is 1.76 bits per heavy atom. The monoisotopic (exact) mass is 458 g/mol. The van der Waals surface area contributed by atoms with Gasteiger partial charge in [0.2, 0.25) is 11.8 Å². The first kappa shape index (κ1) is 25.7. The van der Waals surface area contributed by atoms with Gasteiger partial charge >= 0.3 is 5.69 Å². The van der Waals surface area contributed by atoms with Crippen LogP contribution >= 0.6 is 0 Å². The number of para-hydroxylation sites is 1. The fraction of sp³-hybridized carbons (Fsp3) is 0.478. The molecular weight excluding hydrogens is 424 g/mol. The van der Waals surface area contributed by atoms with E-state index >= 15 is 0 Å². The van der Waals surface area contributed by atoms with Crippen molar-refractivity contribution in [1.29, 1.82) is 0 Å². The van der Waals surface area contributed by atoms with E-state index in [-0.39, 0.29) is 36.4 Å². The second kappa shape index (κ2) is 11.3. The highest BCUT2D eigenvalue weighted by Crippen LogP contribution is 2.19. The molecule has 0 bridgehead atoms. The molecule has 0 atom stereocenters. The molecule has 2 aromatic rings. The lowest BCUT2D eigenvalue weighted by Crippen LogP contribution is -2.45. The van der Waals surface area contributed by atoms with E-state index in [9.17, 15) is 19.2 Å². The predicted molar refractivity (Wildman–Crippen MR) is 131 cm³/mol. The number of aromatic amines is 1. The summed E-state index contributed by atoms with van der Waals surface area (Å²) in [5, 5.41) is 2.86. The summed E-state index contributed by atoms with van der Waals surface area (Å²) in [7, 11) is 1.52. The van der Waals surface area contributed by atoms with Gasteiger partial charge in [-0.05, 0) is 38.3 Å². The Balaban J connectivity index is 2.15. The Labute approximate surface area is 193 Å². The number of likely N-dealkylation sites (N-methyl/N-ethyl adjacent to an activating group) is 2. The summed E-state index contributed by atoms with van der Waals surface area (Å²) in [6.07, 6.45) is 1.57. The van der Waals surface area contributed by atoms with E-state index in [0.29, 0.717) is 13.1 Å². The summed E-state index contributed by atoms with van der Waals surface area (Å²) in [5.74, 6) is -0.655. The second-order valence-corrected chi connectivity index (χ2v) is 8.08. The molecule has 2 rings (SSSR count). The second-order valence-electron chi connectivity index (χ2n) is 8.08. The molecule has 1 aromatic heterocycles. The summed E-state index contributed by atoms with van der Waals surface area (Å²) in [5.41, 5.74) is 7.62. The normalized spacial score (nSPS) is 10.7. The minimum absolute atomic E-state index is 0.0299. The molecule has 1 aromatic carbocycles. The maximum Gasteiger partial charge on any atom is 0.330 e. The van der Waals surface area contributed by atoms with E-state index in [2.05, 4.69) is 10.3 Å². The standard InChI is InChI=1S/C23H34N6O4/c1-6-8-12-29-21(24)20(22(32)26-23(29)33)28(7-2)14-18(31)27(5)13-17(30)25-19-15(3)10-9-11-16(19)4/h9-11H,6-8,12-14,24H2,1-5H3,(H,25,30)(H,26,32,33). The molecule has 10 nitrogen and oxygen atoms in total. The minimum Gasteiger partial charge on any atom is -0.383 e. The fourth-order valence-electron chi connectivity index (χ4n) is 3.55. The summed E-state index contributed by atoms with van der Waals surface area (Å²) >= 11 is 0. The highest BCUT2D eigenvalue weighted by molar-refractivity contribution is 5.96. The number of carbonyl (C=O) groups excluding carboxylic acids is 2. The summed E-state index contributed by atoms with van der Waals surface area (Å²) in [4.78, 5) is 55.1. The molecule has 33 heavy (non-hydrogen) atoms. The first-order chi connectivity index (χ1) is 15.6. The molecule has 2 amide bonds. The van der Waals surface area contributed by atoms with Crippen molar-refractivity contribution in [3.63, 3.8) is 0 Å². The van der Waals surface area contributed by atoms with Gasteiger partial charge in [0, 0.05) is 25.8 Å². The summed E-state index contributed by atoms with van der Waals surface area (Å²) in [6.45, 7) is 7.94. The van der Waals surface area contributed by atoms with Gasteiger partial charge in [-0.2, -0.15) is 0 Å². The average Bonchev–Trinajstić information content (AvgIpc) is 2.75. The van der Waals surface area contributed by atoms with Crippen LogP contribution in [0.5, 0.6) is 0 Å². The lowest BCUT2D eigenvalue weighted by atomic mass is 10.1. The molecule has 0 radical (unpaired) electrons. The molecule has 0 fully saturated rings. The van der Waals surface area contributed by atoms with E-state index < -0.39 is 11.2 Å². The topological polar surface area (TPSA) is 134 Å². The number of nitrogens with two attached hydrogens (primary N) is 1. The number of benzene rings is 1. The number of carbonyl (C=O) groups is 2. The van der Waals surface area contributed by atoms with E-state index in [1.54, 1.807) is 6.92 Å². The predicted octanol–water partition coefficient (Wildman–Crippen LogP) is 1.46. The van der Waals surface area contributed by atoms with Gasteiger partial charge in [-0.15, -0.1) is 0 Å². The molecule has 0 aliphatic heterocycles. The third-order valence-corrected chi connectivity index (χ3v) is 5.53. The van der Waals surface area contributed by atoms with Crippen LogP contribution in [0.1, 0.15) is 37.8 Å². The van der Waals surface area contributed by atoms with Gasteiger partial charge < -0.3 is 20.9 Å². The number of amides is 2. The molecule has 180 valence electrons. The van der Waals surface area contributed by atoms with E-state index in [0.717, 1.165) is 29.7 Å². The smallest absolute Gasteiger partial charge is 0.330 e. The number of nitrogen functional groups attached to an aromatic ring is 1. The van der Waals surface area contributed by atoms with Gasteiger partial charge in [-0.25, -0.2) is 4.79 Å². The lowest BCUT2D eigenvalue weighted by Gasteiger charge is -2.26. The van der Waals surface area contributed by atoms with Crippen molar-refractivity contribution in [1.82, 2.24) is 14.5 Å². The number of anilines is 3. The van der Waals surface area contributed by atoms with Gasteiger partial charge in [0.1, 0.15) is 11.5 Å². The van der Waals surface area contributed by atoms with Crippen molar-refractivity contribution in [2.75, 3.05) is 42.6 Å². The van der Waals surface area contributed by atoms with E-state index in [1.807, 2.05) is 39.0 Å². The minimum atomic E-state index is -0.643. The molecule has 0 spiro atoms. The zero-order valence-corrected chi connectivity index (χ0v) is 20.0. The number of hydrogen-bond acceptors (Lipinski definition) is 6. The molecule has 1 heterocycles. The van der Waals surface area contributed by atoms with Crippen molar-refractivity contribution in [3.8, 4) is 0 Å². The van der Waals surface area contributed by atoms with Gasteiger partial charge in [0.15, 0.2) is 0 Å². The van der Waals surface area contributed by atoms with Crippen LogP contribution < -0.4 is 27.2 Å². The number of H-pyrrole nitrogens is 1. The molecule has 0 aliphatic rings. The number of aromatic nitrogens is 2. The molecule has 0 aliphatic carbocycles. The van der Waals surface area contributed by atoms with Crippen molar-refractivity contribution in [3.05, 3.63) is 50.2 Å². The van der Waals surface area contributed by atoms with Crippen molar-refractivity contribution >= 4 is 29.0 Å². The third kappa shape index (κ3) is 6.24. The van der Waals surface area contributed by atoms with Crippen LogP contribution in [0.3, 0.4) is 0 Å². The van der Waals surface area contributed by atoms with Crippen LogP contribution in [0, 0.1) is 13.8 Å². The average molecular weight is 459 g/mol. The van der Waals surface area contributed by atoms with Crippen molar-refractivity contribution in [2.45, 2.75) is 47.1 Å². The number of unbranched alkanes of at least 4 members (excludes halogenated alkanes) is 1. The molecule has 10 heteroatoms. The van der Waals surface area contributed by atoms with Gasteiger partial charge in [-0.1, -0.05) is 31.5 Å². The SMILES string of the molecule is CCCCn1c(N)c(N(CC)CC(=O)N(C)CC(=O)Nc2c(C)cccc2C)c(=O)[nH]c1=O. The van der Waals surface area contributed by atoms with Gasteiger partial charge in [0.25, 0.3) is 5.56 Å². The molecule has 0 saturated heterocycles. The van der Waals surface area contributed by atoms with Crippen LogP contribution in [0.25, 0.3) is 0 Å². The van der Waals surface area contributed by atoms with Crippen LogP contribution in [0.2, 0.25) is 0 Å². The van der Waals surface area contributed by atoms with Crippen LogP contribution in [-0.2, 0) is 16.1 Å². The summed E-state index contributed by atoms with van der Waals surface area (Å²) in [6, 6.07) is 5.71. The quantitative estimate of drug-likeness (QED) is 0.494. The van der Waals surface area contributed by atoms with Crippen molar-refractivity contribution in [2.24, 2.45) is 0 Å². The number of hydrogen-bond donors (Lipinski definition) is 3. The van der Waals surface area contributed by atoms with Crippen LogP contribution in [-0.4, -0.2) is 52.9 Å². The Hall–Kier alpha value is -3.56. The molecule has 4 N–H and O–H groups in total. The number of nitrogens with one attached hydrogen (secondary N) is 2. The first-order valence-electron chi connectivity index (χ1n) is 11.1. The summed E-state index contributed by atoms with van der Waals surface area (Å²) < 4.78 is 1.31. The maximum absolute atomic E-state index is 12.8. The van der Waals surface area contributed by atoms with Crippen LogP contribution in [0.15, 0.2) is 27.8 Å². The molecular formula is C23H34N6O4. The van der Waals surface area contributed by atoms with Gasteiger partial charge in [-0.3, -0.25) is 23.9 Å². The number of aryl methyl sites for hydroxylation is 2. The fourth-order valence-corrected chi connectivity index (χ4v) is 3.55. The van der Waals surface area contributed by atoms with E-state index in [1.165, 1.54) is 21.4 Å². The number of rotatable bonds is 10. The largest absolute Gasteiger partial charge is 0.383 e. The highest BCUT2D eigenvalue weighted by atomic mass is 16.2. The van der Waals surface area contributed by atoms with Crippen molar-refractivity contribution < 1.29 is 9.59 Å². The maximum atomic E-state index is 12.8.